The van der Waals surface area contributed by atoms with Crippen molar-refractivity contribution in [2.75, 3.05) is 32.7 Å². The van der Waals surface area contributed by atoms with Gasteiger partial charge in [-0.3, -0.25) is 4.90 Å². The highest BCUT2D eigenvalue weighted by atomic mass is 32.1. The first kappa shape index (κ1) is 15.4. The van der Waals surface area contributed by atoms with Crippen molar-refractivity contribution in [2.24, 2.45) is 0 Å². The third-order valence-electron chi connectivity index (χ3n) is 3.69. The molecule has 20 heavy (non-hydrogen) atoms. The first-order valence-corrected chi connectivity index (χ1v) is 8.12. The van der Waals surface area contributed by atoms with E-state index in [4.69, 9.17) is 0 Å². The molecule has 1 saturated heterocycles. The minimum absolute atomic E-state index is 0.261. The van der Waals surface area contributed by atoms with Crippen LogP contribution in [0.5, 0.6) is 0 Å². The van der Waals surface area contributed by atoms with E-state index in [0.717, 1.165) is 62.0 Å². The summed E-state index contributed by atoms with van der Waals surface area (Å²) in [4.78, 5) is 21.2. The van der Waals surface area contributed by atoms with Gasteiger partial charge in [0, 0.05) is 32.7 Å². The average molecular weight is 297 g/mol. The Hall–Kier alpha value is -0.980. The second-order valence-electron chi connectivity index (χ2n) is 5.14. The molecule has 1 aliphatic rings. The number of likely N-dealkylation sites (N-methyl/N-ethyl adjacent to an activating group) is 1. The molecule has 1 fully saturated rings. The van der Waals surface area contributed by atoms with Gasteiger partial charge in [-0.25, -0.2) is 9.78 Å². The minimum atomic E-state index is -0.897. The van der Waals surface area contributed by atoms with Gasteiger partial charge in [0.2, 0.25) is 0 Å². The lowest BCUT2D eigenvalue weighted by Gasteiger charge is -2.33. The summed E-state index contributed by atoms with van der Waals surface area (Å²) in [5.41, 5.74) is 0.261. The van der Waals surface area contributed by atoms with Gasteiger partial charge in [-0.2, -0.15) is 0 Å². The van der Waals surface area contributed by atoms with Gasteiger partial charge in [0.25, 0.3) is 0 Å². The largest absolute Gasteiger partial charge is 0.476 e. The topological polar surface area (TPSA) is 56.7 Å². The Morgan fingerprint density at radius 3 is 2.45 bits per heavy atom. The van der Waals surface area contributed by atoms with Gasteiger partial charge in [0.15, 0.2) is 5.69 Å². The molecule has 0 spiro atoms. The Labute approximate surface area is 124 Å². The fourth-order valence-corrected chi connectivity index (χ4v) is 3.67. The van der Waals surface area contributed by atoms with Crippen molar-refractivity contribution >= 4 is 17.3 Å². The number of carboxylic acid groups (broad SMARTS) is 1. The number of carbonyl (C=O) groups is 1. The smallest absolute Gasteiger partial charge is 0.355 e. The van der Waals surface area contributed by atoms with Crippen LogP contribution in [0.25, 0.3) is 0 Å². The van der Waals surface area contributed by atoms with Crippen molar-refractivity contribution in [3.8, 4) is 0 Å². The quantitative estimate of drug-likeness (QED) is 0.869. The number of hydrogen-bond donors (Lipinski definition) is 1. The molecule has 0 aliphatic carbocycles. The van der Waals surface area contributed by atoms with E-state index in [1.807, 2.05) is 0 Å². The van der Waals surface area contributed by atoms with Crippen LogP contribution in [-0.2, 0) is 13.0 Å². The molecule has 1 aliphatic heterocycles. The second kappa shape index (κ2) is 7.15. The summed E-state index contributed by atoms with van der Waals surface area (Å²) in [7, 11) is 0. The van der Waals surface area contributed by atoms with Crippen LogP contribution in [0.3, 0.4) is 0 Å². The lowest BCUT2D eigenvalue weighted by atomic mass is 10.2. The highest BCUT2D eigenvalue weighted by Crippen LogP contribution is 2.22. The Morgan fingerprint density at radius 2 is 1.90 bits per heavy atom. The highest BCUT2D eigenvalue weighted by molar-refractivity contribution is 7.11. The molecule has 1 aromatic heterocycles. The third kappa shape index (κ3) is 3.77. The summed E-state index contributed by atoms with van der Waals surface area (Å²) in [6.07, 6.45) is 1.87. The average Bonchev–Trinajstić information content (AvgIpc) is 2.83. The van der Waals surface area contributed by atoms with Crippen LogP contribution in [0.2, 0.25) is 0 Å². The first-order chi connectivity index (χ1) is 9.63. The van der Waals surface area contributed by atoms with E-state index < -0.39 is 5.97 Å². The minimum Gasteiger partial charge on any atom is -0.476 e. The highest BCUT2D eigenvalue weighted by Gasteiger charge is 2.21. The molecule has 0 radical (unpaired) electrons. The van der Waals surface area contributed by atoms with Gasteiger partial charge in [0.1, 0.15) is 0 Å². The molecule has 1 N–H and O–H groups in total. The van der Waals surface area contributed by atoms with Gasteiger partial charge in [-0.05, 0) is 19.4 Å². The molecule has 112 valence electrons. The molecular weight excluding hydrogens is 274 g/mol. The molecule has 2 heterocycles. The molecule has 6 heteroatoms. The number of hydrogen-bond acceptors (Lipinski definition) is 5. The number of piperazine rings is 1. The Balaban J connectivity index is 2.03. The van der Waals surface area contributed by atoms with E-state index >= 15 is 0 Å². The van der Waals surface area contributed by atoms with E-state index in [9.17, 15) is 9.90 Å². The zero-order valence-corrected chi connectivity index (χ0v) is 13.1. The zero-order valence-electron chi connectivity index (χ0n) is 12.3. The van der Waals surface area contributed by atoms with Crippen LogP contribution in [0.4, 0.5) is 0 Å². The van der Waals surface area contributed by atoms with E-state index in [2.05, 4.69) is 28.6 Å². The van der Waals surface area contributed by atoms with Crippen molar-refractivity contribution < 1.29 is 9.90 Å². The van der Waals surface area contributed by atoms with Gasteiger partial charge in [-0.15, -0.1) is 11.3 Å². The molecule has 0 unspecified atom stereocenters. The lowest BCUT2D eigenvalue weighted by molar-refractivity contribution is 0.0687. The van der Waals surface area contributed by atoms with Crippen molar-refractivity contribution in [1.29, 1.82) is 0 Å². The maximum Gasteiger partial charge on any atom is 0.355 e. The molecule has 2 rings (SSSR count). The predicted octanol–water partition coefficient (Wildman–Crippen LogP) is 1.93. The number of aromatic nitrogens is 1. The van der Waals surface area contributed by atoms with E-state index in [-0.39, 0.29) is 5.69 Å². The van der Waals surface area contributed by atoms with Crippen LogP contribution < -0.4 is 0 Å². The van der Waals surface area contributed by atoms with Crippen LogP contribution >= 0.6 is 11.3 Å². The monoisotopic (exact) mass is 297 g/mol. The standard InChI is InChI=1S/C14H23N3O2S/c1-3-5-12-15-13(14(18)19)11(20-12)10-17-8-6-16(4-2)7-9-17/h3-10H2,1-2H3,(H,18,19). The number of carboxylic acids is 1. The lowest BCUT2D eigenvalue weighted by Crippen LogP contribution is -2.45. The fourth-order valence-electron chi connectivity index (χ4n) is 2.46. The summed E-state index contributed by atoms with van der Waals surface area (Å²) in [5, 5.41) is 10.2. The summed E-state index contributed by atoms with van der Waals surface area (Å²) in [6, 6.07) is 0. The maximum absolute atomic E-state index is 11.3. The van der Waals surface area contributed by atoms with E-state index in [0.29, 0.717) is 0 Å². The van der Waals surface area contributed by atoms with Crippen LogP contribution in [-0.4, -0.2) is 58.6 Å². The third-order valence-corrected chi connectivity index (χ3v) is 4.79. The number of nitrogens with zero attached hydrogens (tertiary/aromatic N) is 3. The summed E-state index contributed by atoms with van der Waals surface area (Å²) in [5.74, 6) is -0.897. The van der Waals surface area contributed by atoms with Crippen molar-refractivity contribution in [2.45, 2.75) is 33.2 Å². The van der Waals surface area contributed by atoms with Gasteiger partial charge >= 0.3 is 5.97 Å². The molecule has 0 aromatic carbocycles. The summed E-state index contributed by atoms with van der Waals surface area (Å²) < 4.78 is 0. The summed E-state index contributed by atoms with van der Waals surface area (Å²) >= 11 is 1.57. The van der Waals surface area contributed by atoms with Crippen molar-refractivity contribution in [1.82, 2.24) is 14.8 Å². The van der Waals surface area contributed by atoms with E-state index in [1.165, 1.54) is 0 Å². The molecule has 0 bridgehead atoms. The summed E-state index contributed by atoms with van der Waals surface area (Å²) in [6.45, 7) is 10.2. The molecule has 0 atom stereocenters. The Kier molecular flexibility index (Phi) is 5.51. The molecule has 5 nitrogen and oxygen atoms in total. The number of aromatic carboxylic acids is 1. The predicted molar refractivity (Wildman–Crippen MR) is 80.5 cm³/mol. The van der Waals surface area contributed by atoms with Crippen LogP contribution in [0.15, 0.2) is 0 Å². The number of thiazole rings is 1. The van der Waals surface area contributed by atoms with Gasteiger partial charge in [-0.1, -0.05) is 13.8 Å². The number of rotatable bonds is 6. The molecule has 0 amide bonds. The molecular formula is C14H23N3O2S. The first-order valence-electron chi connectivity index (χ1n) is 7.30. The van der Waals surface area contributed by atoms with E-state index in [1.54, 1.807) is 11.3 Å². The second-order valence-corrected chi connectivity index (χ2v) is 6.31. The zero-order chi connectivity index (χ0) is 14.5. The number of aryl methyl sites for hydroxylation is 1. The van der Waals surface area contributed by atoms with Crippen molar-refractivity contribution in [3.63, 3.8) is 0 Å². The Morgan fingerprint density at radius 1 is 1.25 bits per heavy atom. The fraction of sp³-hybridized carbons (Fsp3) is 0.714. The van der Waals surface area contributed by atoms with Gasteiger partial charge < -0.3 is 10.0 Å². The Bertz CT molecular complexity index is 453. The SMILES string of the molecule is CCCc1nc(C(=O)O)c(CN2CCN(CC)CC2)s1. The van der Waals surface area contributed by atoms with Gasteiger partial charge in [0.05, 0.1) is 9.88 Å². The molecule has 1 aromatic rings. The normalized spacial score (nSPS) is 17.5. The maximum atomic E-state index is 11.3. The van der Waals surface area contributed by atoms with Crippen LogP contribution in [0, 0.1) is 0 Å². The van der Waals surface area contributed by atoms with Crippen molar-refractivity contribution in [3.05, 3.63) is 15.6 Å². The molecule has 0 saturated carbocycles. The van der Waals surface area contributed by atoms with Crippen LogP contribution in [0.1, 0.15) is 40.6 Å².